The van der Waals surface area contributed by atoms with Crippen molar-refractivity contribution in [2.75, 3.05) is 33.8 Å². The lowest BCUT2D eigenvalue weighted by atomic mass is 9.84. The van der Waals surface area contributed by atoms with Gasteiger partial charge in [-0.3, -0.25) is 4.79 Å². The number of likely N-dealkylation sites (N-methyl/N-ethyl adjacent to an activating group) is 1. The highest BCUT2D eigenvalue weighted by Crippen LogP contribution is 2.38. The second-order valence-electron chi connectivity index (χ2n) is 6.60. The van der Waals surface area contributed by atoms with Crippen molar-refractivity contribution < 1.29 is 9.53 Å². The molecule has 3 unspecified atom stereocenters. The Morgan fingerprint density at radius 2 is 2.19 bits per heavy atom. The normalized spacial score (nSPS) is 27.0. The first-order chi connectivity index (χ1) is 10.00. The zero-order valence-corrected chi connectivity index (χ0v) is 14.6. The first kappa shape index (κ1) is 18.4. The van der Waals surface area contributed by atoms with Gasteiger partial charge in [-0.15, -0.1) is 0 Å². The van der Waals surface area contributed by atoms with E-state index in [1.54, 1.807) is 0 Å². The lowest BCUT2D eigenvalue weighted by Crippen LogP contribution is -2.54. The molecular formula is C17H34N2O2. The molecule has 21 heavy (non-hydrogen) atoms. The molecule has 0 aromatic rings. The second-order valence-corrected chi connectivity index (χ2v) is 6.60. The van der Waals surface area contributed by atoms with Crippen LogP contribution < -0.4 is 5.32 Å². The maximum Gasteiger partial charge on any atom is 0.326 e. The molecule has 0 amide bonds. The molecule has 0 bridgehead atoms. The minimum atomic E-state index is -0.451. The maximum atomic E-state index is 12.4. The molecule has 0 aromatic heterocycles. The van der Waals surface area contributed by atoms with Crippen molar-refractivity contribution in [2.45, 2.75) is 58.4 Å². The SMILES string of the molecule is CCOC(=O)C1(NC)CCCC1CCN(C)CC(C)CC. The monoisotopic (exact) mass is 298 g/mol. The summed E-state index contributed by atoms with van der Waals surface area (Å²) >= 11 is 0. The van der Waals surface area contributed by atoms with E-state index in [-0.39, 0.29) is 5.97 Å². The fourth-order valence-electron chi connectivity index (χ4n) is 3.56. The van der Waals surface area contributed by atoms with Gasteiger partial charge in [0.15, 0.2) is 0 Å². The first-order valence-electron chi connectivity index (χ1n) is 8.54. The predicted molar refractivity (Wildman–Crippen MR) is 87.3 cm³/mol. The van der Waals surface area contributed by atoms with Crippen molar-refractivity contribution in [1.29, 1.82) is 0 Å². The molecule has 4 nitrogen and oxygen atoms in total. The van der Waals surface area contributed by atoms with Crippen molar-refractivity contribution in [3.8, 4) is 0 Å². The van der Waals surface area contributed by atoms with Crippen LogP contribution in [0.15, 0.2) is 0 Å². The van der Waals surface area contributed by atoms with Gasteiger partial charge in [0, 0.05) is 6.54 Å². The number of rotatable bonds is 9. The van der Waals surface area contributed by atoms with E-state index in [1.807, 2.05) is 14.0 Å². The zero-order chi connectivity index (χ0) is 15.9. The fraction of sp³-hybridized carbons (Fsp3) is 0.941. The Morgan fingerprint density at radius 1 is 1.48 bits per heavy atom. The predicted octanol–water partition coefficient (Wildman–Crippen LogP) is 2.68. The Labute approximate surface area is 130 Å². The lowest BCUT2D eigenvalue weighted by molar-refractivity contribution is -0.153. The van der Waals surface area contributed by atoms with Crippen LogP contribution in [0.4, 0.5) is 0 Å². The van der Waals surface area contributed by atoms with Gasteiger partial charge in [0.1, 0.15) is 5.54 Å². The van der Waals surface area contributed by atoms with Crippen LogP contribution >= 0.6 is 0 Å². The van der Waals surface area contributed by atoms with E-state index in [2.05, 4.69) is 31.1 Å². The van der Waals surface area contributed by atoms with Crippen molar-refractivity contribution >= 4 is 5.97 Å². The Bertz CT molecular complexity index is 322. The number of esters is 1. The summed E-state index contributed by atoms with van der Waals surface area (Å²) in [6.45, 7) is 9.06. The van der Waals surface area contributed by atoms with Gasteiger partial charge in [-0.25, -0.2) is 0 Å². The average Bonchev–Trinajstić information content (AvgIpc) is 2.89. The van der Waals surface area contributed by atoms with Crippen LogP contribution in [-0.4, -0.2) is 50.2 Å². The van der Waals surface area contributed by atoms with Crippen molar-refractivity contribution in [3.05, 3.63) is 0 Å². The highest BCUT2D eigenvalue weighted by Gasteiger charge is 2.48. The summed E-state index contributed by atoms with van der Waals surface area (Å²) in [7, 11) is 4.09. The lowest BCUT2D eigenvalue weighted by Gasteiger charge is -2.34. The third kappa shape index (κ3) is 4.68. The number of nitrogens with zero attached hydrogens (tertiary/aromatic N) is 1. The molecule has 0 radical (unpaired) electrons. The zero-order valence-electron chi connectivity index (χ0n) is 14.6. The van der Waals surface area contributed by atoms with Crippen LogP contribution in [0.25, 0.3) is 0 Å². The number of ether oxygens (including phenoxy) is 1. The van der Waals surface area contributed by atoms with Gasteiger partial charge in [-0.2, -0.15) is 0 Å². The number of carbonyl (C=O) groups is 1. The van der Waals surface area contributed by atoms with Crippen molar-refractivity contribution in [1.82, 2.24) is 10.2 Å². The molecular weight excluding hydrogens is 264 g/mol. The van der Waals surface area contributed by atoms with Gasteiger partial charge in [-0.05, 0) is 58.7 Å². The molecule has 0 saturated heterocycles. The molecule has 1 fully saturated rings. The van der Waals surface area contributed by atoms with E-state index in [1.165, 1.54) is 6.42 Å². The van der Waals surface area contributed by atoms with Gasteiger partial charge in [-0.1, -0.05) is 26.7 Å². The van der Waals surface area contributed by atoms with Gasteiger partial charge in [0.25, 0.3) is 0 Å². The Morgan fingerprint density at radius 3 is 2.76 bits per heavy atom. The van der Waals surface area contributed by atoms with Crippen LogP contribution in [0.3, 0.4) is 0 Å². The fourth-order valence-corrected chi connectivity index (χ4v) is 3.56. The Hall–Kier alpha value is -0.610. The molecule has 3 atom stereocenters. The number of hydrogen-bond donors (Lipinski definition) is 1. The van der Waals surface area contributed by atoms with E-state index < -0.39 is 5.54 Å². The Balaban J connectivity index is 2.57. The number of nitrogens with one attached hydrogen (secondary N) is 1. The molecule has 1 saturated carbocycles. The molecule has 4 heteroatoms. The summed E-state index contributed by atoms with van der Waals surface area (Å²) in [5.74, 6) is 1.07. The molecule has 1 N–H and O–H groups in total. The molecule has 124 valence electrons. The summed E-state index contributed by atoms with van der Waals surface area (Å²) in [6, 6.07) is 0. The van der Waals surface area contributed by atoms with E-state index in [9.17, 15) is 4.79 Å². The van der Waals surface area contributed by atoms with Crippen molar-refractivity contribution in [2.24, 2.45) is 11.8 Å². The van der Waals surface area contributed by atoms with E-state index >= 15 is 0 Å². The summed E-state index contributed by atoms with van der Waals surface area (Å²) < 4.78 is 5.32. The smallest absolute Gasteiger partial charge is 0.326 e. The van der Waals surface area contributed by atoms with Crippen LogP contribution in [0, 0.1) is 11.8 Å². The van der Waals surface area contributed by atoms with E-state index in [0.717, 1.165) is 44.7 Å². The second kappa shape index (κ2) is 8.74. The minimum Gasteiger partial charge on any atom is -0.465 e. The molecule has 1 aliphatic carbocycles. The Kier molecular flexibility index (Phi) is 7.67. The third-order valence-electron chi connectivity index (χ3n) is 5.09. The van der Waals surface area contributed by atoms with E-state index in [4.69, 9.17) is 4.74 Å². The summed E-state index contributed by atoms with van der Waals surface area (Å²) in [5, 5.41) is 3.29. The van der Waals surface area contributed by atoms with Gasteiger partial charge in [0.05, 0.1) is 6.61 Å². The molecule has 0 spiro atoms. The third-order valence-corrected chi connectivity index (χ3v) is 5.09. The standard InChI is InChI=1S/C17H34N2O2/c1-6-14(3)13-19(5)12-10-15-9-8-11-17(15,18-4)16(20)21-7-2/h14-15,18H,6-13H2,1-5H3. The highest BCUT2D eigenvalue weighted by molar-refractivity contribution is 5.81. The minimum absolute atomic E-state index is 0.0559. The molecule has 0 aromatic carbocycles. The molecule has 1 rings (SSSR count). The summed E-state index contributed by atoms with van der Waals surface area (Å²) in [6.07, 6.45) is 5.42. The summed E-state index contributed by atoms with van der Waals surface area (Å²) in [5.41, 5.74) is -0.451. The van der Waals surface area contributed by atoms with E-state index in [0.29, 0.717) is 12.5 Å². The molecule has 0 aliphatic heterocycles. The average molecular weight is 298 g/mol. The van der Waals surface area contributed by atoms with Crippen LogP contribution in [0.5, 0.6) is 0 Å². The van der Waals surface area contributed by atoms with Gasteiger partial charge < -0.3 is 15.0 Å². The maximum absolute atomic E-state index is 12.4. The van der Waals surface area contributed by atoms with Crippen LogP contribution in [0.1, 0.15) is 52.9 Å². The molecule has 1 aliphatic rings. The quantitative estimate of drug-likeness (QED) is 0.665. The number of carbonyl (C=O) groups excluding carboxylic acids is 1. The highest BCUT2D eigenvalue weighted by atomic mass is 16.5. The largest absolute Gasteiger partial charge is 0.465 e. The van der Waals surface area contributed by atoms with Crippen LogP contribution in [0.2, 0.25) is 0 Å². The molecule has 0 heterocycles. The van der Waals surface area contributed by atoms with Gasteiger partial charge in [0.2, 0.25) is 0 Å². The van der Waals surface area contributed by atoms with Gasteiger partial charge >= 0.3 is 5.97 Å². The first-order valence-corrected chi connectivity index (χ1v) is 8.54. The summed E-state index contributed by atoms with van der Waals surface area (Å²) in [4.78, 5) is 14.8. The van der Waals surface area contributed by atoms with Crippen LogP contribution in [-0.2, 0) is 9.53 Å². The van der Waals surface area contributed by atoms with Crippen molar-refractivity contribution in [3.63, 3.8) is 0 Å². The topological polar surface area (TPSA) is 41.6 Å². The number of hydrogen-bond acceptors (Lipinski definition) is 4.